The van der Waals surface area contributed by atoms with Crippen molar-refractivity contribution in [1.82, 2.24) is 24.6 Å². The number of hydrogen-bond donors (Lipinski definition) is 0. The van der Waals surface area contributed by atoms with E-state index in [1.54, 1.807) is 18.6 Å². The summed E-state index contributed by atoms with van der Waals surface area (Å²) in [5.41, 5.74) is 1.19. The van der Waals surface area contributed by atoms with Crippen LogP contribution < -0.4 is 4.74 Å². The fourth-order valence-electron chi connectivity index (χ4n) is 3.70. The Bertz CT molecular complexity index is 697. The predicted octanol–water partition coefficient (Wildman–Crippen LogP) is 2.07. The summed E-state index contributed by atoms with van der Waals surface area (Å²) in [6.45, 7) is 7.84. The monoisotopic (exact) mass is 343 g/mol. The summed E-state index contributed by atoms with van der Waals surface area (Å²) in [6.07, 6.45) is 11.0. The van der Waals surface area contributed by atoms with Crippen LogP contribution in [-0.4, -0.2) is 56.0 Å². The second kappa shape index (κ2) is 6.72. The number of likely N-dealkylation sites (tertiary alicyclic amines) is 1. The van der Waals surface area contributed by atoms with Crippen molar-refractivity contribution in [3.63, 3.8) is 0 Å². The van der Waals surface area contributed by atoms with Crippen LogP contribution in [-0.2, 0) is 11.3 Å². The third kappa shape index (κ3) is 3.67. The molecule has 7 nitrogen and oxygen atoms in total. The van der Waals surface area contributed by atoms with Gasteiger partial charge in [0.2, 0.25) is 5.88 Å². The Balaban J connectivity index is 1.30. The molecule has 7 heteroatoms. The second-order valence-electron chi connectivity index (χ2n) is 7.38. The lowest BCUT2D eigenvalue weighted by atomic mass is 9.84. The topological polar surface area (TPSA) is 65.3 Å². The molecule has 4 rings (SSSR count). The normalized spacial score (nSPS) is 22.9. The largest absolute Gasteiger partial charge is 0.473 e. The lowest BCUT2D eigenvalue weighted by Gasteiger charge is -2.53. The Labute approximate surface area is 148 Å². The van der Waals surface area contributed by atoms with Crippen molar-refractivity contribution < 1.29 is 9.47 Å². The minimum Gasteiger partial charge on any atom is -0.473 e. The molecule has 25 heavy (non-hydrogen) atoms. The van der Waals surface area contributed by atoms with Crippen LogP contribution in [0.25, 0.3) is 0 Å². The highest BCUT2D eigenvalue weighted by molar-refractivity contribution is 5.10. The number of nitrogens with zero attached hydrogens (tertiary/aromatic N) is 5. The van der Waals surface area contributed by atoms with E-state index < -0.39 is 0 Å². The maximum atomic E-state index is 6.10. The van der Waals surface area contributed by atoms with Crippen LogP contribution in [0, 0.1) is 0 Å². The fourth-order valence-corrected chi connectivity index (χ4v) is 3.70. The van der Waals surface area contributed by atoms with Gasteiger partial charge in [0.1, 0.15) is 6.10 Å². The van der Waals surface area contributed by atoms with E-state index in [9.17, 15) is 0 Å². The third-order valence-electron chi connectivity index (χ3n) is 4.89. The molecule has 2 aliphatic heterocycles. The van der Waals surface area contributed by atoms with Crippen LogP contribution >= 0.6 is 0 Å². The second-order valence-corrected chi connectivity index (χ2v) is 7.38. The van der Waals surface area contributed by atoms with Crippen molar-refractivity contribution in [2.45, 2.75) is 51.0 Å². The van der Waals surface area contributed by atoms with Gasteiger partial charge in [-0.05, 0) is 13.8 Å². The van der Waals surface area contributed by atoms with Crippen LogP contribution in [0.4, 0.5) is 0 Å². The van der Waals surface area contributed by atoms with Crippen molar-refractivity contribution in [2.75, 3.05) is 19.7 Å². The average Bonchev–Trinajstić information content (AvgIpc) is 3.04. The van der Waals surface area contributed by atoms with E-state index in [1.165, 1.54) is 5.56 Å². The molecule has 0 bridgehead atoms. The zero-order valence-electron chi connectivity index (χ0n) is 14.8. The molecule has 0 N–H and O–H groups in total. The Morgan fingerprint density at radius 2 is 2.20 bits per heavy atom. The van der Waals surface area contributed by atoms with E-state index in [0.29, 0.717) is 11.9 Å². The minimum atomic E-state index is -0.0703. The van der Waals surface area contributed by atoms with E-state index in [4.69, 9.17) is 9.47 Å². The summed E-state index contributed by atoms with van der Waals surface area (Å²) in [4.78, 5) is 10.7. The van der Waals surface area contributed by atoms with Crippen molar-refractivity contribution in [3.05, 3.63) is 36.5 Å². The zero-order valence-corrected chi connectivity index (χ0v) is 14.8. The number of hydrogen-bond acceptors (Lipinski definition) is 6. The summed E-state index contributed by atoms with van der Waals surface area (Å²) >= 11 is 0. The van der Waals surface area contributed by atoms with Gasteiger partial charge in [-0.25, -0.2) is 4.98 Å². The average molecular weight is 343 g/mol. The first kappa shape index (κ1) is 16.5. The first-order valence-corrected chi connectivity index (χ1v) is 8.94. The van der Waals surface area contributed by atoms with Gasteiger partial charge in [-0.2, -0.15) is 5.10 Å². The van der Waals surface area contributed by atoms with Gasteiger partial charge in [-0.3, -0.25) is 14.6 Å². The molecule has 4 heterocycles. The molecule has 2 fully saturated rings. The molecule has 0 aliphatic carbocycles. The summed E-state index contributed by atoms with van der Waals surface area (Å²) in [5.74, 6) is 0.599. The Kier molecular flexibility index (Phi) is 4.43. The smallest absolute Gasteiger partial charge is 0.232 e. The molecule has 2 saturated heterocycles. The van der Waals surface area contributed by atoms with Crippen molar-refractivity contribution in [2.24, 2.45) is 0 Å². The maximum absolute atomic E-state index is 6.10. The predicted molar refractivity (Wildman–Crippen MR) is 92.3 cm³/mol. The highest BCUT2D eigenvalue weighted by atomic mass is 16.5. The molecular formula is C18H25N5O2. The third-order valence-corrected chi connectivity index (χ3v) is 4.89. The van der Waals surface area contributed by atoms with E-state index >= 15 is 0 Å². The van der Waals surface area contributed by atoms with Crippen molar-refractivity contribution in [3.8, 4) is 5.88 Å². The van der Waals surface area contributed by atoms with Gasteiger partial charge in [0.05, 0.1) is 24.6 Å². The molecule has 134 valence electrons. The molecule has 1 unspecified atom stereocenters. The maximum Gasteiger partial charge on any atom is 0.232 e. The van der Waals surface area contributed by atoms with Gasteiger partial charge in [-0.1, -0.05) is 0 Å². The Hall–Kier alpha value is -1.99. The molecule has 0 saturated carbocycles. The van der Waals surface area contributed by atoms with Crippen LogP contribution in [0.5, 0.6) is 5.88 Å². The van der Waals surface area contributed by atoms with Crippen LogP contribution in [0.2, 0.25) is 0 Å². The number of aromatic nitrogens is 4. The highest BCUT2D eigenvalue weighted by Gasteiger charge is 2.48. The standard InChI is InChI=1S/C18H25N5O2/c1-14(2)23-11-15(8-21-23)10-22-12-18(13-22)7-16(3-6-24-18)25-17-9-19-4-5-20-17/h4-5,8-9,11,14,16H,3,6-7,10,12-13H2,1-2H3. The number of ether oxygens (including phenoxy) is 2. The van der Waals surface area contributed by atoms with E-state index in [0.717, 1.165) is 39.1 Å². The minimum absolute atomic E-state index is 0.0703. The molecule has 2 aromatic rings. The van der Waals surface area contributed by atoms with Crippen molar-refractivity contribution >= 4 is 0 Å². The van der Waals surface area contributed by atoms with E-state index in [2.05, 4.69) is 40.0 Å². The highest BCUT2D eigenvalue weighted by Crippen LogP contribution is 2.36. The summed E-state index contributed by atoms with van der Waals surface area (Å²) in [6, 6.07) is 0.400. The first-order chi connectivity index (χ1) is 12.1. The van der Waals surface area contributed by atoms with Gasteiger partial charge in [-0.15, -0.1) is 0 Å². The molecule has 0 aromatic carbocycles. The summed E-state index contributed by atoms with van der Waals surface area (Å²) < 4.78 is 14.1. The zero-order chi connectivity index (χ0) is 17.3. The van der Waals surface area contributed by atoms with Gasteiger partial charge in [0, 0.05) is 62.7 Å². The lowest BCUT2D eigenvalue weighted by molar-refractivity contribution is -0.188. The fraction of sp³-hybridized carbons (Fsp3) is 0.611. The molecule has 2 aromatic heterocycles. The molecule has 0 radical (unpaired) electrons. The molecule has 1 spiro atoms. The Morgan fingerprint density at radius 1 is 1.32 bits per heavy atom. The molecular weight excluding hydrogens is 318 g/mol. The van der Waals surface area contributed by atoms with Crippen LogP contribution in [0.3, 0.4) is 0 Å². The first-order valence-electron chi connectivity index (χ1n) is 8.94. The SMILES string of the molecule is CC(C)n1cc(CN2CC3(CC(Oc4cnccn4)CCO3)C2)cn1. The molecule has 2 aliphatic rings. The quantitative estimate of drug-likeness (QED) is 0.828. The Morgan fingerprint density at radius 3 is 2.92 bits per heavy atom. The van der Waals surface area contributed by atoms with Gasteiger partial charge < -0.3 is 9.47 Å². The summed E-state index contributed by atoms with van der Waals surface area (Å²) in [7, 11) is 0. The molecule has 1 atom stereocenters. The van der Waals surface area contributed by atoms with E-state index in [-0.39, 0.29) is 11.7 Å². The molecule has 0 amide bonds. The van der Waals surface area contributed by atoms with Gasteiger partial charge >= 0.3 is 0 Å². The van der Waals surface area contributed by atoms with Gasteiger partial charge in [0.15, 0.2) is 0 Å². The van der Waals surface area contributed by atoms with Crippen molar-refractivity contribution in [1.29, 1.82) is 0 Å². The number of rotatable bonds is 5. The van der Waals surface area contributed by atoms with Crippen LogP contribution in [0.15, 0.2) is 31.0 Å². The van der Waals surface area contributed by atoms with E-state index in [1.807, 2.05) is 10.9 Å². The lowest BCUT2D eigenvalue weighted by Crippen LogP contribution is -2.65. The van der Waals surface area contributed by atoms with Crippen LogP contribution in [0.1, 0.15) is 38.3 Å². The summed E-state index contributed by atoms with van der Waals surface area (Å²) in [5, 5.41) is 4.42. The van der Waals surface area contributed by atoms with Gasteiger partial charge in [0.25, 0.3) is 0 Å².